The summed E-state index contributed by atoms with van der Waals surface area (Å²) in [6.07, 6.45) is 13.1. The van der Waals surface area contributed by atoms with Crippen molar-refractivity contribution in [1.82, 2.24) is 10.3 Å². The quantitative estimate of drug-likeness (QED) is 0.392. The van der Waals surface area contributed by atoms with Gasteiger partial charge in [0.1, 0.15) is 12.0 Å². The van der Waals surface area contributed by atoms with Crippen LogP contribution in [0.5, 0.6) is 5.75 Å². The number of carbonyl (C=O) groups is 1. The molecule has 6 heteroatoms. The Kier molecular flexibility index (Phi) is 10.3. The van der Waals surface area contributed by atoms with Crippen LogP contribution in [-0.4, -0.2) is 22.5 Å². The van der Waals surface area contributed by atoms with Gasteiger partial charge in [-0.3, -0.25) is 4.79 Å². The molecule has 0 spiro atoms. The molecule has 1 atom stereocenters. The highest BCUT2D eigenvalue weighted by Crippen LogP contribution is 2.18. The van der Waals surface area contributed by atoms with Crippen LogP contribution in [0.25, 0.3) is 0 Å². The second kappa shape index (κ2) is 13.0. The molecule has 1 amide bonds. The number of hydrogen-bond donors (Lipinski definition) is 3. The molecule has 0 aliphatic heterocycles. The highest BCUT2D eigenvalue weighted by molar-refractivity contribution is 5.91. The summed E-state index contributed by atoms with van der Waals surface area (Å²) in [7, 11) is 0. The van der Waals surface area contributed by atoms with Crippen LogP contribution in [0.2, 0.25) is 0 Å². The predicted octanol–water partition coefficient (Wildman–Crippen LogP) is 4.88. The van der Waals surface area contributed by atoms with Gasteiger partial charge in [0, 0.05) is 6.54 Å². The summed E-state index contributed by atoms with van der Waals surface area (Å²) in [5.41, 5.74) is 7.36. The molecule has 4 N–H and O–H groups in total. The fourth-order valence-corrected chi connectivity index (χ4v) is 3.26. The zero-order valence-corrected chi connectivity index (χ0v) is 17.5. The first-order valence-electron chi connectivity index (χ1n) is 10.9. The molecule has 1 aromatic heterocycles. The summed E-state index contributed by atoms with van der Waals surface area (Å²) in [6, 6.07) is 6.39. The number of benzene rings is 1. The third-order valence-electron chi connectivity index (χ3n) is 5.03. The summed E-state index contributed by atoms with van der Waals surface area (Å²) >= 11 is 0. The molecule has 2 aromatic rings. The normalized spacial score (nSPS) is 12.1. The molecule has 6 nitrogen and oxygen atoms in total. The van der Waals surface area contributed by atoms with Gasteiger partial charge in [-0.1, -0.05) is 70.4 Å². The smallest absolute Gasteiger partial charge is 0.273 e. The number of aromatic nitrogens is 1. The van der Waals surface area contributed by atoms with Crippen LogP contribution >= 0.6 is 0 Å². The summed E-state index contributed by atoms with van der Waals surface area (Å²) in [6.45, 7) is 2.89. The Bertz CT molecular complexity index is 712. The van der Waals surface area contributed by atoms with Crippen molar-refractivity contribution in [2.75, 3.05) is 6.54 Å². The lowest BCUT2D eigenvalue weighted by Crippen LogP contribution is -2.25. The molecule has 29 heavy (non-hydrogen) atoms. The van der Waals surface area contributed by atoms with Gasteiger partial charge in [0.2, 0.25) is 5.89 Å². The van der Waals surface area contributed by atoms with E-state index in [2.05, 4.69) is 17.2 Å². The zero-order valence-electron chi connectivity index (χ0n) is 17.5. The minimum absolute atomic E-state index is 0.212. The number of amides is 1. The zero-order chi connectivity index (χ0) is 20.9. The predicted molar refractivity (Wildman–Crippen MR) is 115 cm³/mol. The van der Waals surface area contributed by atoms with Crippen molar-refractivity contribution in [1.29, 1.82) is 0 Å². The molecule has 1 aromatic carbocycles. The Labute approximate surface area is 173 Å². The molecule has 0 saturated heterocycles. The van der Waals surface area contributed by atoms with E-state index in [9.17, 15) is 9.90 Å². The Morgan fingerprint density at radius 2 is 1.69 bits per heavy atom. The van der Waals surface area contributed by atoms with Gasteiger partial charge >= 0.3 is 0 Å². The number of phenolic OH excluding ortho intramolecular Hbond substituents is 1. The van der Waals surface area contributed by atoms with Gasteiger partial charge in [-0.05, 0) is 30.5 Å². The van der Waals surface area contributed by atoms with E-state index in [0.717, 1.165) is 18.4 Å². The molecular weight excluding hydrogens is 366 g/mol. The SMILES string of the molecule is CCCCCCCCCCCNC(=O)c1coc(C(N)Cc2ccc(O)cc2)n1. The van der Waals surface area contributed by atoms with Gasteiger partial charge < -0.3 is 20.6 Å². The number of nitrogens with one attached hydrogen (secondary N) is 1. The molecule has 0 bridgehead atoms. The van der Waals surface area contributed by atoms with Crippen LogP contribution in [0.4, 0.5) is 0 Å². The largest absolute Gasteiger partial charge is 0.508 e. The number of carbonyl (C=O) groups excluding carboxylic acids is 1. The summed E-state index contributed by atoms with van der Waals surface area (Å²) in [4.78, 5) is 16.4. The Morgan fingerprint density at radius 1 is 1.07 bits per heavy atom. The first-order chi connectivity index (χ1) is 14.1. The van der Waals surface area contributed by atoms with Crippen molar-refractivity contribution < 1.29 is 14.3 Å². The van der Waals surface area contributed by atoms with Gasteiger partial charge in [0.05, 0.1) is 6.04 Å². The number of rotatable bonds is 14. The second-order valence-corrected chi connectivity index (χ2v) is 7.63. The summed E-state index contributed by atoms with van der Waals surface area (Å²) < 4.78 is 5.40. The lowest BCUT2D eigenvalue weighted by Gasteiger charge is -2.07. The molecule has 0 saturated carbocycles. The number of phenols is 1. The van der Waals surface area contributed by atoms with Gasteiger partial charge in [-0.15, -0.1) is 0 Å². The highest BCUT2D eigenvalue weighted by atomic mass is 16.3. The van der Waals surface area contributed by atoms with Crippen molar-refractivity contribution in [2.24, 2.45) is 5.73 Å². The number of unbranched alkanes of at least 4 members (excludes halogenated alkanes) is 8. The van der Waals surface area contributed by atoms with Gasteiger partial charge in [-0.2, -0.15) is 0 Å². The van der Waals surface area contributed by atoms with E-state index >= 15 is 0 Å². The molecule has 1 unspecified atom stereocenters. The molecule has 0 fully saturated rings. The van der Waals surface area contributed by atoms with Crippen molar-refractivity contribution >= 4 is 5.91 Å². The third-order valence-corrected chi connectivity index (χ3v) is 5.03. The number of aromatic hydroxyl groups is 1. The van der Waals surface area contributed by atoms with E-state index in [1.807, 2.05) is 0 Å². The van der Waals surface area contributed by atoms with Crippen molar-refractivity contribution in [3.63, 3.8) is 0 Å². The lowest BCUT2D eigenvalue weighted by molar-refractivity contribution is 0.0948. The van der Waals surface area contributed by atoms with E-state index in [4.69, 9.17) is 10.2 Å². The molecule has 0 aliphatic carbocycles. The first-order valence-corrected chi connectivity index (χ1v) is 10.9. The van der Waals surface area contributed by atoms with Crippen LogP contribution < -0.4 is 11.1 Å². The number of hydrogen-bond acceptors (Lipinski definition) is 5. The summed E-state index contributed by atoms with van der Waals surface area (Å²) in [5.74, 6) is 0.326. The van der Waals surface area contributed by atoms with E-state index in [1.54, 1.807) is 24.3 Å². The van der Waals surface area contributed by atoms with E-state index < -0.39 is 6.04 Å². The molecule has 2 rings (SSSR count). The maximum absolute atomic E-state index is 12.2. The fraction of sp³-hybridized carbons (Fsp3) is 0.565. The minimum atomic E-state index is -0.446. The van der Waals surface area contributed by atoms with Crippen LogP contribution in [0.1, 0.15) is 92.7 Å². The maximum Gasteiger partial charge on any atom is 0.273 e. The van der Waals surface area contributed by atoms with E-state index in [-0.39, 0.29) is 17.4 Å². The van der Waals surface area contributed by atoms with Crippen LogP contribution in [0.3, 0.4) is 0 Å². The number of nitrogens with zero attached hydrogens (tertiary/aromatic N) is 1. The van der Waals surface area contributed by atoms with Crippen molar-refractivity contribution in [3.8, 4) is 5.75 Å². The second-order valence-electron chi connectivity index (χ2n) is 7.63. The highest BCUT2D eigenvalue weighted by Gasteiger charge is 2.17. The Morgan fingerprint density at radius 3 is 2.34 bits per heavy atom. The average Bonchev–Trinajstić information content (AvgIpc) is 3.21. The van der Waals surface area contributed by atoms with Crippen LogP contribution in [0.15, 0.2) is 34.9 Å². The molecular formula is C23H35N3O3. The van der Waals surface area contributed by atoms with Gasteiger partial charge in [-0.25, -0.2) is 4.98 Å². The standard InChI is InChI=1S/C23H35N3O3/c1-2-3-4-5-6-7-8-9-10-15-25-22(28)21-17-29-23(26-21)20(24)16-18-11-13-19(27)14-12-18/h11-14,17,20,27H,2-10,15-16,24H2,1H3,(H,25,28). The molecule has 1 heterocycles. The van der Waals surface area contributed by atoms with Crippen LogP contribution in [-0.2, 0) is 6.42 Å². The topological polar surface area (TPSA) is 101 Å². The van der Waals surface area contributed by atoms with Crippen molar-refractivity contribution in [3.05, 3.63) is 47.7 Å². The lowest BCUT2D eigenvalue weighted by atomic mass is 10.1. The maximum atomic E-state index is 12.2. The fourth-order valence-electron chi connectivity index (χ4n) is 3.26. The molecule has 0 radical (unpaired) electrons. The minimum Gasteiger partial charge on any atom is -0.508 e. The van der Waals surface area contributed by atoms with E-state index in [0.29, 0.717) is 18.9 Å². The van der Waals surface area contributed by atoms with Crippen LogP contribution in [0, 0.1) is 0 Å². The number of oxazole rings is 1. The van der Waals surface area contributed by atoms with E-state index in [1.165, 1.54) is 51.2 Å². The Hall–Kier alpha value is -2.34. The van der Waals surface area contributed by atoms with Gasteiger partial charge in [0.15, 0.2) is 5.69 Å². The molecule has 160 valence electrons. The third kappa shape index (κ3) is 8.69. The summed E-state index contributed by atoms with van der Waals surface area (Å²) in [5, 5.41) is 12.2. The van der Waals surface area contributed by atoms with Gasteiger partial charge in [0.25, 0.3) is 5.91 Å². The molecule has 0 aliphatic rings. The van der Waals surface area contributed by atoms with Crippen molar-refractivity contribution in [2.45, 2.75) is 77.2 Å². The average molecular weight is 402 g/mol. The number of nitrogens with two attached hydrogens (primary N) is 1. The Balaban J connectivity index is 1.62. The monoisotopic (exact) mass is 401 g/mol. The first kappa shape index (κ1) is 22.9.